The Morgan fingerprint density at radius 2 is 0.800 bits per heavy atom. The molecule has 0 bridgehead atoms. The van der Waals surface area contributed by atoms with Crippen LogP contribution in [-0.2, 0) is 4.79 Å². The average Bonchev–Trinajstić information content (AvgIpc) is 3.12. The SMILES string of the molecule is CCCCCCC/C=C/CCCC(O)C(O)C(CO)NC(=O)CCCCCCCCCCCCCCCCCCCCCCCCCCCC. The summed E-state index contributed by atoms with van der Waals surface area (Å²) in [5, 5.41) is 33.4. The minimum absolute atomic E-state index is 0.151. The molecule has 50 heavy (non-hydrogen) atoms. The largest absolute Gasteiger partial charge is 0.394 e. The van der Waals surface area contributed by atoms with Crippen molar-refractivity contribution in [3.8, 4) is 0 Å². The van der Waals surface area contributed by atoms with Crippen molar-refractivity contribution < 1.29 is 20.1 Å². The number of carbonyl (C=O) groups is 1. The topological polar surface area (TPSA) is 89.8 Å². The molecular weight excluding hydrogens is 618 g/mol. The zero-order chi connectivity index (χ0) is 36.6. The molecule has 0 aliphatic heterocycles. The smallest absolute Gasteiger partial charge is 0.220 e. The molecule has 0 rings (SSSR count). The predicted octanol–water partition coefficient (Wildman–Crippen LogP) is 12.8. The summed E-state index contributed by atoms with van der Waals surface area (Å²) in [6, 6.07) is -0.819. The van der Waals surface area contributed by atoms with Crippen molar-refractivity contribution in [1.29, 1.82) is 0 Å². The van der Waals surface area contributed by atoms with E-state index >= 15 is 0 Å². The molecule has 0 aliphatic carbocycles. The fraction of sp³-hybridized carbons (Fsp3) is 0.933. The maximum atomic E-state index is 12.4. The highest BCUT2D eigenvalue weighted by Crippen LogP contribution is 2.17. The molecular formula is C45H89NO4. The Morgan fingerprint density at radius 3 is 1.16 bits per heavy atom. The molecule has 298 valence electrons. The fourth-order valence-electron chi connectivity index (χ4n) is 7.10. The van der Waals surface area contributed by atoms with E-state index < -0.39 is 18.2 Å². The van der Waals surface area contributed by atoms with Gasteiger partial charge in [-0.1, -0.05) is 212 Å². The van der Waals surface area contributed by atoms with Gasteiger partial charge < -0.3 is 20.6 Å². The van der Waals surface area contributed by atoms with Gasteiger partial charge in [0.2, 0.25) is 5.91 Å². The van der Waals surface area contributed by atoms with Crippen LogP contribution in [0.15, 0.2) is 12.2 Å². The quantitative estimate of drug-likeness (QED) is 0.0376. The lowest BCUT2D eigenvalue weighted by atomic mass is 10.0. The molecule has 5 heteroatoms. The van der Waals surface area contributed by atoms with E-state index in [9.17, 15) is 20.1 Å². The molecule has 0 aromatic carbocycles. The van der Waals surface area contributed by atoms with E-state index in [2.05, 4.69) is 31.3 Å². The molecule has 0 aliphatic rings. The number of nitrogens with one attached hydrogen (secondary N) is 1. The zero-order valence-corrected chi connectivity index (χ0v) is 33.8. The third kappa shape index (κ3) is 35.5. The minimum Gasteiger partial charge on any atom is -0.394 e. The predicted molar refractivity (Wildman–Crippen MR) is 218 cm³/mol. The van der Waals surface area contributed by atoms with E-state index in [4.69, 9.17) is 0 Å². The first-order valence-corrected chi connectivity index (χ1v) is 22.5. The van der Waals surface area contributed by atoms with Gasteiger partial charge >= 0.3 is 0 Å². The number of carbonyl (C=O) groups excluding carboxylic acids is 1. The summed E-state index contributed by atoms with van der Waals surface area (Å²) in [6.07, 6.45) is 47.7. The monoisotopic (exact) mass is 708 g/mol. The maximum Gasteiger partial charge on any atom is 0.220 e. The Morgan fingerprint density at radius 1 is 0.480 bits per heavy atom. The summed E-state index contributed by atoms with van der Waals surface area (Å²) >= 11 is 0. The highest BCUT2D eigenvalue weighted by molar-refractivity contribution is 5.76. The second-order valence-corrected chi connectivity index (χ2v) is 15.6. The Kier molecular flexibility index (Phi) is 40.1. The lowest BCUT2D eigenvalue weighted by Gasteiger charge is -2.26. The Bertz CT molecular complexity index is 699. The van der Waals surface area contributed by atoms with E-state index in [1.807, 2.05) is 0 Å². The molecule has 1 amide bonds. The van der Waals surface area contributed by atoms with E-state index in [1.54, 1.807) is 0 Å². The summed E-state index contributed by atoms with van der Waals surface area (Å²) in [5.74, 6) is -0.151. The van der Waals surface area contributed by atoms with Crippen molar-refractivity contribution in [2.45, 2.75) is 263 Å². The number of aliphatic hydroxyl groups is 3. The van der Waals surface area contributed by atoms with Crippen LogP contribution in [0.5, 0.6) is 0 Å². The van der Waals surface area contributed by atoms with Crippen molar-refractivity contribution >= 4 is 5.91 Å². The first-order valence-electron chi connectivity index (χ1n) is 22.5. The van der Waals surface area contributed by atoms with Crippen LogP contribution in [0, 0.1) is 0 Å². The first-order chi connectivity index (χ1) is 24.6. The summed E-state index contributed by atoms with van der Waals surface area (Å²) < 4.78 is 0. The normalized spacial score (nSPS) is 13.6. The Labute approximate surface area is 312 Å². The van der Waals surface area contributed by atoms with Crippen LogP contribution in [0.4, 0.5) is 0 Å². The summed E-state index contributed by atoms with van der Waals surface area (Å²) in [5.41, 5.74) is 0. The molecule has 0 spiro atoms. The van der Waals surface area contributed by atoms with Gasteiger partial charge in [-0.3, -0.25) is 4.79 Å². The van der Waals surface area contributed by atoms with Crippen LogP contribution < -0.4 is 5.32 Å². The summed E-state index contributed by atoms with van der Waals surface area (Å²) in [4.78, 5) is 12.4. The molecule has 0 aromatic rings. The molecule has 3 unspecified atom stereocenters. The van der Waals surface area contributed by atoms with Gasteiger partial charge in [0.15, 0.2) is 0 Å². The van der Waals surface area contributed by atoms with E-state index in [-0.39, 0.29) is 12.5 Å². The first kappa shape index (κ1) is 49.1. The number of rotatable bonds is 41. The van der Waals surface area contributed by atoms with Crippen molar-refractivity contribution in [1.82, 2.24) is 5.32 Å². The number of aliphatic hydroxyl groups excluding tert-OH is 3. The standard InChI is InChI=1S/C45H89NO4/c1-3-5-7-9-11-13-15-16-17-18-19-20-21-22-23-24-25-26-27-28-29-30-32-34-36-38-40-44(49)46-42(41-47)45(50)43(48)39-37-35-33-31-14-12-10-8-6-4-2/h31,33,42-43,45,47-48,50H,3-30,32,34-41H2,1-2H3,(H,46,49)/b33-31+. The molecule has 0 heterocycles. The van der Waals surface area contributed by atoms with Gasteiger partial charge in [0.1, 0.15) is 6.10 Å². The fourth-order valence-corrected chi connectivity index (χ4v) is 7.10. The Hall–Kier alpha value is -0.910. The van der Waals surface area contributed by atoms with Crippen molar-refractivity contribution in [2.24, 2.45) is 0 Å². The zero-order valence-electron chi connectivity index (χ0n) is 33.8. The second-order valence-electron chi connectivity index (χ2n) is 15.6. The maximum absolute atomic E-state index is 12.4. The molecule has 0 aromatic heterocycles. The van der Waals surface area contributed by atoms with Crippen LogP contribution in [0.3, 0.4) is 0 Å². The molecule has 0 fully saturated rings. The molecule has 5 nitrogen and oxygen atoms in total. The van der Waals surface area contributed by atoms with Gasteiger partial charge in [0, 0.05) is 6.42 Å². The van der Waals surface area contributed by atoms with E-state index in [1.165, 1.54) is 180 Å². The van der Waals surface area contributed by atoms with Gasteiger partial charge in [-0.2, -0.15) is 0 Å². The number of hydrogen-bond acceptors (Lipinski definition) is 4. The summed E-state index contributed by atoms with van der Waals surface area (Å²) in [6.45, 7) is 4.15. The van der Waals surface area contributed by atoms with Gasteiger partial charge in [0.25, 0.3) is 0 Å². The van der Waals surface area contributed by atoms with Crippen LogP contribution in [-0.4, -0.2) is 46.1 Å². The van der Waals surface area contributed by atoms with Gasteiger partial charge in [-0.25, -0.2) is 0 Å². The number of allylic oxidation sites excluding steroid dienone is 2. The van der Waals surface area contributed by atoms with Crippen molar-refractivity contribution in [3.63, 3.8) is 0 Å². The highest BCUT2D eigenvalue weighted by atomic mass is 16.3. The van der Waals surface area contributed by atoms with E-state index in [0.29, 0.717) is 12.8 Å². The van der Waals surface area contributed by atoms with Crippen LogP contribution >= 0.6 is 0 Å². The van der Waals surface area contributed by atoms with Crippen molar-refractivity contribution in [3.05, 3.63) is 12.2 Å². The van der Waals surface area contributed by atoms with Crippen LogP contribution in [0.1, 0.15) is 245 Å². The van der Waals surface area contributed by atoms with Gasteiger partial charge in [-0.15, -0.1) is 0 Å². The third-order valence-electron chi connectivity index (χ3n) is 10.6. The number of hydrogen-bond donors (Lipinski definition) is 4. The van der Waals surface area contributed by atoms with Crippen LogP contribution in [0.2, 0.25) is 0 Å². The lowest BCUT2D eigenvalue weighted by Crippen LogP contribution is -2.50. The second kappa shape index (κ2) is 40.9. The number of unbranched alkanes of at least 4 members (excludes halogenated alkanes) is 31. The molecule has 0 radical (unpaired) electrons. The minimum atomic E-state index is -1.15. The third-order valence-corrected chi connectivity index (χ3v) is 10.6. The average molecular weight is 708 g/mol. The van der Waals surface area contributed by atoms with Crippen LogP contribution in [0.25, 0.3) is 0 Å². The molecule has 0 saturated heterocycles. The molecule has 3 atom stereocenters. The lowest BCUT2D eigenvalue weighted by molar-refractivity contribution is -0.124. The number of amides is 1. The van der Waals surface area contributed by atoms with Gasteiger partial charge in [-0.05, 0) is 38.5 Å². The molecule has 0 saturated carbocycles. The summed E-state index contributed by atoms with van der Waals surface area (Å²) in [7, 11) is 0. The van der Waals surface area contributed by atoms with Gasteiger partial charge in [0.05, 0.1) is 18.8 Å². The highest BCUT2D eigenvalue weighted by Gasteiger charge is 2.26. The van der Waals surface area contributed by atoms with Crippen molar-refractivity contribution in [2.75, 3.05) is 6.61 Å². The molecule has 4 N–H and O–H groups in total. The Balaban J connectivity index is 3.51. The van der Waals surface area contributed by atoms with E-state index in [0.717, 1.165) is 38.5 Å².